The van der Waals surface area contributed by atoms with Crippen molar-refractivity contribution in [1.82, 2.24) is 4.90 Å². The highest BCUT2D eigenvalue weighted by Gasteiger charge is 2.23. The minimum absolute atomic E-state index is 0.272. The predicted octanol–water partition coefficient (Wildman–Crippen LogP) is 2.44. The number of nitrogens with zero attached hydrogens (tertiary/aromatic N) is 2. The number of sulfonamides is 1. The highest BCUT2D eigenvalue weighted by atomic mass is 32.2. The Hall–Kier alpha value is -2.74. The number of carbonyl (C=O) groups is 1. The van der Waals surface area contributed by atoms with E-state index in [2.05, 4.69) is 0 Å². The molecule has 28 heavy (non-hydrogen) atoms. The Morgan fingerprint density at radius 3 is 2.14 bits per heavy atom. The number of anilines is 1. The molecule has 0 aliphatic heterocycles. The SMILES string of the molecule is COc1ccc(CN(C)C(=O)CN(c2ccc(C)cc2)S(C)(=O)=O)cc1OC. The number of benzene rings is 2. The molecular formula is C20H26N2O5S. The van der Waals surface area contributed by atoms with Crippen molar-refractivity contribution >= 4 is 21.6 Å². The van der Waals surface area contributed by atoms with Crippen molar-refractivity contribution in [2.75, 3.05) is 38.4 Å². The first kappa shape index (κ1) is 21.6. The Bertz CT molecular complexity index is 926. The van der Waals surface area contributed by atoms with Crippen LogP contribution in [0.5, 0.6) is 11.5 Å². The summed E-state index contributed by atoms with van der Waals surface area (Å²) in [6, 6.07) is 12.4. The monoisotopic (exact) mass is 406 g/mol. The molecule has 0 saturated carbocycles. The summed E-state index contributed by atoms with van der Waals surface area (Å²) in [5.74, 6) is 0.849. The van der Waals surface area contributed by atoms with Gasteiger partial charge in [0.2, 0.25) is 15.9 Å². The number of carbonyl (C=O) groups excluding carboxylic acids is 1. The standard InChI is InChI=1S/C20H26N2O5S/c1-15-6-9-17(10-7-15)22(28(5,24)25)14-20(23)21(2)13-16-8-11-18(26-3)19(12-16)27-4/h6-12H,13-14H2,1-5H3. The third-order valence-electron chi connectivity index (χ3n) is 4.29. The van der Waals surface area contributed by atoms with Crippen LogP contribution in [0.1, 0.15) is 11.1 Å². The van der Waals surface area contributed by atoms with Gasteiger partial charge in [0.25, 0.3) is 0 Å². The van der Waals surface area contributed by atoms with E-state index < -0.39 is 10.0 Å². The van der Waals surface area contributed by atoms with E-state index in [1.807, 2.05) is 25.1 Å². The van der Waals surface area contributed by atoms with Gasteiger partial charge in [-0.05, 0) is 36.8 Å². The lowest BCUT2D eigenvalue weighted by atomic mass is 10.2. The number of rotatable bonds is 8. The molecule has 7 nitrogen and oxygen atoms in total. The highest BCUT2D eigenvalue weighted by molar-refractivity contribution is 7.92. The van der Waals surface area contributed by atoms with Gasteiger partial charge in [-0.3, -0.25) is 9.10 Å². The lowest BCUT2D eigenvalue weighted by molar-refractivity contribution is -0.128. The number of amides is 1. The van der Waals surface area contributed by atoms with Gasteiger partial charge in [0, 0.05) is 13.6 Å². The quantitative estimate of drug-likeness (QED) is 0.673. The van der Waals surface area contributed by atoms with E-state index in [-0.39, 0.29) is 12.5 Å². The summed E-state index contributed by atoms with van der Waals surface area (Å²) in [4.78, 5) is 14.2. The molecule has 0 radical (unpaired) electrons. The van der Waals surface area contributed by atoms with Crippen molar-refractivity contribution in [2.24, 2.45) is 0 Å². The molecule has 0 aliphatic carbocycles. The van der Waals surface area contributed by atoms with Crippen LogP contribution in [0.25, 0.3) is 0 Å². The number of aryl methyl sites for hydroxylation is 1. The molecule has 1 amide bonds. The van der Waals surface area contributed by atoms with Crippen LogP contribution in [-0.2, 0) is 21.4 Å². The molecular weight excluding hydrogens is 380 g/mol. The molecule has 0 bridgehead atoms. The zero-order valence-electron chi connectivity index (χ0n) is 16.8. The third-order valence-corrected chi connectivity index (χ3v) is 5.44. The fourth-order valence-electron chi connectivity index (χ4n) is 2.70. The fraction of sp³-hybridized carbons (Fsp3) is 0.350. The molecule has 0 heterocycles. The summed E-state index contributed by atoms with van der Waals surface area (Å²) in [5, 5.41) is 0. The van der Waals surface area contributed by atoms with E-state index >= 15 is 0 Å². The molecule has 0 unspecified atom stereocenters. The second-order valence-electron chi connectivity index (χ2n) is 6.54. The maximum atomic E-state index is 12.7. The van der Waals surface area contributed by atoms with Crippen LogP contribution in [0.4, 0.5) is 5.69 Å². The first-order valence-corrected chi connectivity index (χ1v) is 10.5. The molecule has 0 atom stereocenters. The molecule has 8 heteroatoms. The van der Waals surface area contributed by atoms with Gasteiger partial charge in [0.1, 0.15) is 6.54 Å². The Balaban J connectivity index is 2.16. The van der Waals surface area contributed by atoms with Crippen LogP contribution in [0.2, 0.25) is 0 Å². The lowest BCUT2D eigenvalue weighted by Crippen LogP contribution is -2.41. The molecule has 0 saturated heterocycles. The molecule has 2 rings (SSSR count). The average molecular weight is 407 g/mol. The normalized spacial score (nSPS) is 11.0. The minimum Gasteiger partial charge on any atom is -0.493 e. The van der Waals surface area contributed by atoms with Crippen molar-refractivity contribution in [1.29, 1.82) is 0 Å². The van der Waals surface area contributed by atoms with Crippen LogP contribution in [0, 0.1) is 6.92 Å². The second-order valence-corrected chi connectivity index (χ2v) is 8.45. The van der Waals surface area contributed by atoms with Crippen LogP contribution in [0.3, 0.4) is 0 Å². The van der Waals surface area contributed by atoms with E-state index in [1.165, 1.54) is 4.90 Å². The van der Waals surface area contributed by atoms with Crippen molar-refractivity contribution in [3.8, 4) is 11.5 Å². The van der Waals surface area contributed by atoms with Crippen molar-refractivity contribution in [3.05, 3.63) is 53.6 Å². The molecule has 0 aromatic heterocycles. The molecule has 2 aromatic rings. The van der Waals surface area contributed by atoms with Crippen LogP contribution >= 0.6 is 0 Å². The smallest absolute Gasteiger partial charge is 0.243 e. The first-order chi connectivity index (χ1) is 13.2. The molecule has 0 N–H and O–H groups in total. The number of hydrogen-bond donors (Lipinski definition) is 0. The zero-order chi connectivity index (χ0) is 20.9. The summed E-state index contributed by atoms with van der Waals surface area (Å²) in [7, 11) is 1.13. The topological polar surface area (TPSA) is 76.2 Å². The third kappa shape index (κ3) is 5.39. The molecule has 0 spiro atoms. The van der Waals surface area contributed by atoms with Gasteiger partial charge >= 0.3 is 0 Å². The van der Waals surface area contributed by atoms with Crippen LogP contribution in [0.15, 0.2) is 42.5 Å². The number of likely N-dealkylation sites (N-methyl/N-ethyl adjacent to an activating group) is 1. The maximum absolute atomic E-state index is 12.7. The molecule has 0 aliphatic rings. The Morgan fingerprint density at radius 1 is 1.00 bits per heavy atom. The predicted molar refractivity (Wildman–Crippen MR) is 109 cm³/mol. The van der Waals surface area contributed by atoms with Crippen LogP contribution in [-0.4, -0.2) is 53.3 Å². The highest BCUT2D eigenvalue weighted by Crippen LogP contribution is 2.28. The second kappa shape index (κ2) is 8.97. The maximum Gasteiger partial charge on any atom is 0.243 e. The van der Waals surface area contributed by atoms with E-state index in [1.54, 1.807) is 45.5 Å². The number of methoxy groups -OCH3 is 2. The summed E-state index contributed by atoms with van der Waals surface area (Å²) in [6.07, 6.45) is 1.09. The Kier molecular flexibility index (Phi) is 6.90. The average Bonchev–Trinajstić information content (AvgIpc) is 2.65. The molecule has 2 aromatic carbocycles. The summed E-state index contributed by atoms with van der Waals surface area (Å²) in [5.41, 5.74) is 2.31. The first-order valence-electron chi connectivity index (χ1n) is 8.65. The van der Waals surface area contributed by atoms with Crippen molar-refractivity contribution < 1.29 is 22.7 Å². The molecule has 152 valence electrons. The lowest BCUT2D eigenvalue weighted by Gasteiger charge is -2.25. The van der Waals surface area contributed by atoms with Gasteiger partial charge < -0.3 is 14.4 Å². The zero-order valence-corrected chi connectivity index (χ0v) is 17.6. The Labute approximate surface area is 166 Å². The van der Waals surface area contributed by atoms with E-state index in [4.69, 9.17) is 9.47 Å². The van der Waals surface area contributed by atoms with Gasteiger partial charge in [-0.25, -0.2) is 8.42 Å². The largest absolute Gasteiger partial charge is 0.493 e. The van der Waals surface area contributed by atoms with E-state index in [0.29, 0.717) is 23.7 Å². The summed E-state index contributed by atoms with van der Waals surface area (Å²) < 4.78 is 36.0. The minimum atomic E-state index is -3.60. The summed E-state index contributed by atoms with van der Waals surface area (Å²) >= 11 is 0. The van der Waals surface area contributed by atoms with Gasteiger partial charge in [-0.2, -0.15) is 0 Å². The molecule has 0 fully saturated rings. The van der Waals surface area contributed by atoms with Crippen molar-refractivity contribution in [2.45, 2.75) is 13.5 Å². The van der Waals surface area contributed by atoms with Crippen LogP contribution < -0.4 is 13.8 Å². The van der Waals surface area contributed by atoms with Crippen molar-refractivity contribution in [3.63, 3.8) is 0 Å². The van der Waals surface area contributed by atoms with Gasteiger partial charge in [0.15, 0.2) is 11.5 Å². The van der Waals surface area contributed by atoms with E-state index in [9.17, 15) is 13.2 Å². The Morgan fingerprint density at radius 2 is 1.61 bits per heavy atom. The fourth-order valence-corrected chi connectivity index (χ4v) is 3.55. The summed E-state index contributed by atoms with van der Waals surface area (Å²) in [6.45, 7) is 1.95. The van der Waals surface area contributed by atoms with Gasteiger partial charge in [0.05, 0.1) is 26.2 Å². The van der Waals surface area contributed by atoms with E-state index in [0.717, 1.165) is 21.7 Å². The van der Waals surface area contributed by atoms with Gasteiger partial charge in [-0.15, -0.1) is 0 Å². The number of ether oxygens (including phenoxy) is 2. The van der Waals surface area contributed by atoms with Gasteiger partial charge in [-0.1, -0.05) is 23.8 Å². The number of hydrogen-bond acceptors (Lipinski definition) is 5.